The molecule has 0 saturated heterocycles. The number of rotatable bonds is 12. The molecule has 0 atom stereocenters. The zero-order valence-electron chi connectivity index (χ0n) is 26.0. The van der Waals surface area contributed by atoms with Crippen molar-refractivity contribution in [2.45, 2.75) is 39.4 Å². The van der Waals surface area contributed by atoms with Crippen molar-refractivity contribution in [1.29, 1.82) is 0 Å². The Morgan fingerprint density at radius 3 is 2.41 bits per heavy atom. The Labute approximate surface area is 266 Å². The van der Waals surface area contributed by atoms with Gasteiger partial charge in [0.25, 0.3) is 0 Å². The highest BCUT2D eigenvalue weighted by Gasteiger charge is 2.16. The lowest BCUT2D eigenvalue weighted by molar-refractivity contribution is -0.130. The van der Waals surface area contributed by atoms with Crippen molar-refractivity contribution in [1.82, 2.24) is 25.5 Å². The Hall–Kier alpha value is -5.71. The molecule has 0 fully saturated rings. The molecule has 2 heterocycles. The Balaban J connectivity index is 1.27. The SMILES string of the molecule is COc1ccc(CCC(=O)N(C)Cc2ccccc2)c(Nc2nc3ccc(CNC(=O)NCc4ccncc4)c(C)c3c(=O)o2)c1. The first-order valence-electron chi connectivity index (χ1n) is 14.9. The van der Waals surface area contributed by atoms with Crippen LogP contribution in [0.4, 0.5) is 16.5 Å². The Kier molecular flexibility index (Phi) is 10.2. The van der Waals surface area contributed by atoms with Crippen LogP contribution in [-0.2, 0) is 30.8 Å². The average Bonchev–Trinajstić information content (AvgIpc) is 3.07. The maximum absolute atomic E-state index is 13.2. The summed E-state index contributed by atoms with van der Waals surface area (Å²) in [6.45, 7) is 2.91. The largest absolute Gasteiger partial charge is 0.497 e. The van der Waals surface area contributed by atoms with Gasteiger partial charge in [-0.05, 0) is 65.4 Å². The van der Waals surface area contributed by atoms with Gasteiger partial charge in [0.05, 0.1) is 18.0 Å². The van der Waals surface area contributed by atoms with Gasteiger partial charge in [-0.25, -0.2) is 9.59 Å². The first-order valence-corrected chi connectivity index (χ1v) is 14.9. The summed E-state index contributed by atoms with van der Waals surface area (Å²) in [5, 5.41) is 9.08. The molecular formula is C35H36N6O5. The lowest BCUT2D eigenvalue weighted by Gasteiger charge is -2.18. The Morgan fingerprint density at radius 2 is 1.65 bits per heavy atom. The fourth-order valence-corrected chi connectivity index (χ4v) is 5.04. The molecule has 3 amide bonds. The van der Waals surface area contributed by atoms with Crippen molar-refractivity contribution in [3.63, 3.8) is 0 Å². The number of aromatic nitrogens is 2. The smallest absolute Gasteiger partial charge is 0.348 e. The number of pyridine rings is 1. The first-order chi connectivity index (χ1) is 22.3. The summed E-state index contributed by atoms with van der Waals surface area (Å²) in [5.41, 5.74) is 4.76. The van der Waals surface area contributed by atoms with Gasteiger partial charge >= 0.3 is 17.7 Å². The summed E-state index contributed by atoms with van der Waals surface area (Å²) in [6, 6.07) is 22.2. The molecular weight excluding hydrogens is 584 g/mol. The number of hydrogen-bond donors (Lipinski definition) is 3. The highest BCUT2D eigenvalue weighted by Crippen LogP contribution is 2.28. The highest BCUT2D eigenvalue weighted by molar-refractivity contribution is 5.83. The number of methoxy groups -OCH3 is 1. The van der Waals surface area contributed by atoms with Gasteiger partial charge in [0.15, 0.2) is 0 Å². The zero-order valence-corrected chi connectivity index (χ0v) is 26.0. The van der Waals surface area contributed by atoms with E-state index in [1.807, 2.05) is 60.7 Å². The third kappa shape index (κ3) is 8.06. The second-order valence-corrected chi connectivity index (χ2v) is 10.8. The van der Waals surface area contributed by atoms with E-state index < -0.39 is 5.63 Å². The van der Waals surface area contributed by atoms with Crippen molar-refractivity contribution in [3.8, 4) is 5.75 Å². The number of hydrogen-bond acceptors (Lipinski definition) is 8. The van der Waals surface area contributed by atoms with E-state index >= 15 is 0 Å². The number of benzene rings is 3. The molecule has 0 bridgehead atoms. The molecule has 0 spiro atoms. The van der Waals surface area contributed by atoms with Crippen molar-refractivity contribution in [3.05, 3.63) is 123 Å². The van der Waals surface area contributed by atoms with E-state index in [4.69, 9.17) is 9.15 Å². The summed E-state index contributed by atoms with van der Waals surface area (Å²) < 4.78 is 11.0. The van der Waals surface area contributed by atoms with Crippen LogP contribution in [0.3, 0.4) is 0 Å². The number of nitrogens with zero attached hydrogens (tertiary/aromatic N) is 3. The number of urea groups is 1. The van der Waals surface area contributed by atoms with Crippen LogP contribution in [-0.4, -0.2) is 41.0 Å². The zero-order chi connectivity index (χ0) is 32.5. The topological polar surface area (TPSA) is 139 Å². The van der Waals surface area contributed by atoms with Gasteiger partial charge in [-0.1, -0.05) is 42.5 Å². The second-order valence-electron chi connectivity index (χ2n) is 10.8. The number of fused-ring (bicyclic) bond motifs is 1. The number of anilines is 2. The van der Waals surface area contributed by atoms with Gasteiger partial charge in [0.1, 0.15) is 5.75 Å². The van der Waals surface area contributed by atoms with Crippen LogP contribution in [0, 0.1) is 6.92 Å². The lowest BCUT2D eigenvalue weighted by atomic mass is 10.0. The van der Waals surface area contributed by atoms with Crippen molar-refractivity contribution < 1.29 is 18.7 Å². The molecule has 0 unspecified atom stereocenters. The fraction of sp³-hybridized carbons (Fsp3) is 0.229. The van der Waals surface area contributed by atoms with Gasteiger partial charge in [0, 0.05) is 57.3 Å². The molecule has 11 nitrogen and oxygen atoms in total. The number of nitrogens with one attached hydrogen (secondary N) is 3. The minimum atomic E-state index is -0.559. The third-order valence-corrected chi connectivity index (χ3v) is 7.67. The molecule has 236 valence electrons. The lowest BCUT2D eigenvalue weighted by Crippen LogP contribution is -2.34. The number of ether oxygens (including phenoxy) is 1. The van der Waals surface area contributed by atoms with Crippen LogP contribution in [0.2, 0.25) is 0 Å². The predicted octanol–water partition coefficient (Wildman–Crippen LogP) is 5.23. The summed E-state index contributed by atoms with van der Waals surface area (Å²) in [6.07, 6.45) is 4.07. The number of carbonyl (C=O) groups excluding carboxylic acids is 2. The molecule has 3 aromatic carbocycles. The van der Waals surface area contributed by atoms with E-state index in [2.05, 4.69) is 25.9 Å². The normalized spacial score (nSPS) is 10.8. The molecule has 3 N–H and O–H groups in total. The highest BCUT2D eigenvalue weighted by atomic mass is 16.5. The predicted molar refractivity (Wildman–Crippen MR) is 176 cm³/mol. The third-order valence-electron chi connectivity index (χ3n) is 7.67. The maximum Gasteiger partial charge on any atom is 0.348 e. The summed E-state index contributed by atoms with van der Waals surface area (Å²) in [7, 11) is 3.35. The average molecular weight is 621 g/mol. The molecule has 11 heteroatoms. The van der Waals surface area contributed by atoms with E-state index in [0.29, 0.717) is 47.4 Å². The van der Waals surface area contributed by atoms with Crippen molar-refractivity contribution in [2.75, 3.05) is 19.5 Å². The molecule has 0 aliphatic heterocycles. The van der Waals surface area contributed by atoms with Crippen LogP contribution >= 0.6 is 0 Å². The van der Waals surface area contributed by atoms with E-state index in [-0.39, 0.29) is 30.9 Å². The van der Waals surface area contributed by atoms with E-state index in [1.54, 1.807) is 50.5 Å². The van der Waals surface area contributed by atoms with Gasteiger partial charge in [-0.2, -0.15) is 4.98 Å². The minimum absolute atomic E-state index is 0.00739. The van der Waals surface area contributed by atoms with Crippen LogP contribution < -0.4 is 26.3 Å². The summed E-state index contributed by atoms with van der Waals surface area (Å²) in [4.78, 5) is 48.7. The monoisotopic (exact) mass is 620 g/mol. The standard InChI is InChI=1S/C35H36N6O5/c1-23-27(21-38-34(44)37-20-24-15-17-36-18-16-24)10-13-29-32(23)33(43)46-35(39-29)40-30-19-28(45-3)12-9-26(30)11-14-31(42)41(2)22-25-7-5-4-6-8-25/h4-10,12-13,15-19H,11,14,20-22H2,1-3H3,(H,39,40)(H2,37,38,44). The molecule has 0 aliphatic carbocycles. The molecule has 5 aromatic rings. The molecule has 5 rings (SSSR count). The summed E-state index contributed by atoms with van der Waals surface area (Å²) >= 11 is 0. The van der Waals surface area contributed by atoms with Gasteiger partial charge in [-0.15, -0.1) is 0 Å². The van der Waals surface area contributed by atoms with Crippen LogP contribution in [0.1, 0.15) is 34.2 Å². The van der Waals surface area contributed by atoms with Gasteiger partial charge in [0.2, 0.25) is 5.91 Å². The van der Waals surface area contributed by atoms with Crippen LogP contribution in [0.15, 0.2) is 94.4 Å². The minimum Gasteiger partial charge on any atom is -0.497 e. The van der Waals surface area contributed by atoms with Crippen molar-refractivity contribution >= 4 is 34.5 Å². The second kappa shape index (κ2) is 14.8. The molecule has 0 aliphatic rings. The van der Waals surface area contributed by atoms with E-state index in [0.717, 1.165) is 22.3 Å². The van der Waals surface area contributed by atoms with Crippen LogP contribution in [0.5, 0.6) is 5.75 Å². The van der Waals surface area contributed by atoms with Crippen LogP contribution in [0.25, 0.3) is 10.9 Å². The molecule has 0 saturated carbocycles. The Morgan fingerprint density at radius 1 is 0.913 bits per heavy atom. The molecule has 0 radical (unpaired) electrons. The van der Waals surface area contributed by atoms with E-state index in [9.17, 15) is 14.4 Å². The number of carbonyl (C=O) groups is 2. The molecule has 2 aromatic heterocycles. The maximum atomic E-state index is 13.2. The fourth-order valence-electron chi connectivity index (χ4n) is 5.04. The summed E-state index contributed by atoms with van der Waals surface area (Å²) in [5.74, 6) is 0.604. The number of amides is 3. The Bertz CT molecular complexity index is 1880. The van der Waals surface area contributed by atoms with Crippen molar-refractivity contribution in [2.24, 2.45) is 0 Å². The quantitative estimate of drug-likeness (QED) is 0.172. The van der Waals surface area contributed by atoms with Gasteiger partial charge in [-0.3, -0.25) is 9.78 Å². The number of aryl methyl sites for hydroxylation is 2. The molecule has 46 heavy (non-hydrogen) atoms. The van der Waals surface area contributed by atoms with E-state index in [1.165, 1.54) is 0 Å². The van der Waals surface area contributed by atoms with Gasteiger partial charge < -0.3 is 30.0 Å². The first kappa shape index (κ1) is 31.7.